The van der Waals surface area contributed by atoms with Crippen molar-refractivity contribution in [3.8, 4) is 0 Å². The van der Waals surface area contributed by atoms with E-state index in [1.54, 1.807) is 0 Å². The van der Waals surface area contributed by atoms with Crippen molar-refractivity contribution in [2.75, 3.05) is 0 Å². The average molecular weight is 184 g/mol. The first-order chi connectivity index (χ1) is 3.13. The van der Waals surface area contributed by atoms with Gasteiger partial charge in [-0.05, 0) is 0 Å². The summed E-state index contributed by atoms with van der Waals surface area (Å²) < 4.78 is 39.9. The maximum absolute atomic E-state index is 9.19. The van der Waals surface area contributed by atoms with E-state index in [9.17, 15) is 16.8 Å². The van der Waals surface area contributed by atoms with Crippen molar-refractivity contribution in [3.63, 3.8) is 0 Å². The molecule has 0 amide bonds. The van der Waals surface area contributed by atoms with Crippen molar-refractivity contribution >= 4 is 59.7 Å². The summed E-state index contributed by atoms with van der Waals surface area (Å²) in [5.74, 6) is 0. The summed E-state index contributed by atoms with van der Waals surface area (Å²) in [5.41, 5.74) is 0. The normalized spacial score (nSPS) is 9.25. The molecule has 0 heterocycles. The molecule has 0 unspecified atom stereocenters. The van der Waals surface area contributed by atoms with E-state index in [1.807, 2.05) is 0 Å². The minimum atomic E-state index is -2.96. The van der Waals surface area contributed by atoms with Gasteiger partial charge >= 0.3 is 37.7 Å². The molecule has 8 heteroatoms. The third kappa shape index (κ3) is 10.2. The van der Waals surface area contributed by atoms with Crippen molar-refractivity contribution in [3.05, 3.63) is 0 Å². The molecule has 0 radical (unpaired) electrons. The van der Waals surface area contributed by atoms with Crippen LogP contribution < -0.4 is 0 Å². The molecule has 0 atom stereocenters. The van der Waals surface area contributed by atoms with E-state index in [4.69, 9.17) is 0 Å². The molecule has 0 bridgehead atoms. The van der Waals surface area contributed by atoms with Gasteiger partial charge < -0.3 is 20.5 Å². The zero-order valence-corrected chi connectivity index (χ0v) is 7.41. The van der Waals surface area contributed by atoms with Crippen LogP contribution in [-0.4, -0.2) is 37.7 Å². The van der Waals surface area contributed by atoms with E-state index in [-0.39, 0.29) is 37.7 Å². The Morgan fingerprint density at radius 3 is 1.12 bits per heavy atom. The summed E-state index contributed by atoms with van der Waals surface area (Å²) in [7, 11) is -5.92. The van der Waals surface area contributed by atoms with Gasteiger partial charge in [0.25, 0.3) is 0 Å². The first kappa shape index (κ1) is 11.9. The van der Waals surface area contributed by atoms with E-state index in [0.717, 1.165) is 0 Å². The van der Waals surface area contributed by atoms with Crippen LogP contribution in [0, 0.1) is 0 Å². The summed E-state index contributed by atoms with van der Waals surface area (Å²) in [5, 5.41) is 0. The van der Waals surface area contributed by atoms with Crippen LogP contribution in [0.3, 0.4) is 0 Å². The quantitative estimate of drug-likeness (QED) is 0.409. The molecule has 5 nitrogen and oxygen atoms in total. The molecule has 0 fully saturated rings. The molecular weight excluding hydrogens is 184 g/mol. The van der Waals surface area contributed by atoms with E-state index in [2.05, 4.69) is 3.63 Å². The smallest absolute Gasteiger partial charge is 0.479 e. The molecule has 0 saturated carbocycles. The Kier molecular flexibility index (Phi) is 9.26. The van der Waals surface area contributed by atoms with Crippen LogP contribution >= 0.6 is 0 Å². The molecule has 0 aliphatic carbocycles. The molecule has 0 aliphatic heterocycles. The predicted molar refractivity (Wildman–Crippen MR) is 24.3 cm³/mol. The summed E-state index contributed by atoms with van der Waals surface area (Å²) in [6.07, 6.45) is 0. The second kappa shape index (κ2) is 6.24. The summed E-state index contributed by atoms with van der Waals surface area (Å²) in [4.78, 5) is 0. The second-order valence-electron chi connectivity index (χ2n) is 0.476. The Labute approximate surface area is 79.3 Å². The molecule has 0 saturated heterocycles. The first-order valence-electron chi connectivity index (χ1n) is 1.00. The number of hydrogen-bond donors (Lipinski definition) is 0. The van der Waals surface area contributed by atoms with Gasteiger partial charge in [-0.3, -0.25) is 0 Å². The van der Waals surface area contributed by atoms with Gasteiger partial charge in [0.2, 0.25) is 0 Å². The van der Waals surface area contributed by atoms with E-state index >= 15 is 0 Å². The summed E-state index contributed by atoms with van der Waals surface area (Å²) >= 11 is 0. The summed E-state index contributed by atoms with van der Waals surface area (Å²) in [6, 6.07) is 0. The predicted octanol–water partition coefficient (Wildman–Crippen LogP) is -0.929. The zero-order valence-electron chi connectivity index (χ0n) is 3.56. The van der Waals surface area contributed by atoms with Gasteiger partial charge in [0.1, 0.15) is 0 Å². The largest absolute Gasteiger partial charge is 2.00 e. The average Bonchev–Trinajstić information content (AvgIpc) is 1.27. The molecule has 0 N–H and O–H groups in total. The zero-order chi connectivity index (χ0) is 5.86. The van der Waals surface area contributed by atoms with Crippen LogP contribution in [0.5, 0.6) is 0 Å². The van der Waals surface area contributed by atoms with Gasteiger partial charge in [0, 0.05) is 22.0 Å². The fourth-order valence-corrected chi connectivity index (χ4v) is 0.408. The van der Waals surface area contributed by atoms with Gasteiger partial charge in [-0.2, -0.15) is 0 Å². The van der Waals surface area contributed by atoms with Crippen LogP contribution in [0.1, 0.15) is 0 Å². The van der Waals surface area contributed by atoms with E-state index < -0.39 is 22.0 Å². The maximum Gasteiger partial charge on any atom is 2.00 e. The van der Waals surface area contributed by atoms with Crippen molar-refractivity contribution in [1.29, 1.82) is 0 Å². The minimum Gasteiger partial charge on any atom is -0.479 e. The van der Waals surface area contributed by atoms with Gasteiger partial charge in [0.15, 0.2) is 0 Å². The number of rotatable bonds is 2. The topological polar surface area (TPSA) is 77.5 Å². The van der Waals surface area contributed by atoms with Crippen LogP contribution in [0.2, 0.25) is 0 Å². The molecule has 0 aromatic heterocycles. The Morgan fingerprint density at radius 1 is 0.875 bits per heavy atom. The Hall–Kier alpha value is 1.12. The molecule has 0 aromatic rings. The fraction of sp³-hybridized carbons (Fsp3) is 0. The third-order valence-corrected chi connectivity index (χ3v) is 1.00. The standard InChI is InChI=1S/Ca.O5S2/c;1-6(2)5-7(3)4/q+2;-2. The molecule has 0 rings (SSSR count). The SMILES string of the molecule is O=[S-](=O)O[S-](=O)=O.[Ca+2]. The Balaban J connectivity index is 0. The van der Waals surface area contributed by atoms with Crippen LogP contribution in [0.25, 0.3) is 0 Å². The van der Waals surface area contributed by atoms with Crippen molar-refractivity contribution < 1.29 is 20.5 Å². The fourth-order valence-electron chi connectivity index (χ4n) is 0.0454. The van der Waals surface area contributed by atoms with Crippen molar-refractivity contribution in [1.82, 2.24) is 0 Å². The second-order valence-corrected chi connectivity index (χ2v) is 1.84. The van der Waals surface area contributed by atoms with E-state index in [0.29, 0.717) is 0 Å². The van der Waals surface area contributed by atoms with Gasteiger partial charge in [0.05, 0.1) is 0 Å². The first-order valence-corrected chi connectivity index (χ1v) is 3.00. The van der Waals surface area contributed by atoms with Crippen molar-refractivity contribution in [2.24, 2.45) is 0 Å². The molecular formula is CaO5S2. The molecule has 44 valence electrons. The van der Waals surface area contributed by atoms with Crippen LogP contribution in [0.4, 0.5) is 0 Å². The Bertz CT molecular complexity index is 139. The van der Waals surface area contributed by atoms with Crippen LogP contribution in [-0.2, 0) is 42.4 Å². The molecule has 0 spiro atoms. The van der Waals surface area contributed by atoms with Gasteiger partial charge in [-0.15, -0.1) is 0 Å². The van der Waals surface area contributed by atoms with Crippen molar-refractivity contribution in [2.45, 2.75) is 0 Å². The number of hydrogen-bond acceptors (Lipinski definition) is 7. The van der Waals surface area contributed by atoms with Gasteiger partial charge in [-0.1, -0.05) is 0 Å². The van der Waals surface area contributed by atoms with Crippen LogP contribution in [0.15, 0.2) is 0 Å². The molecule has 0 aliphatic rings. The van der Waals surface area contributed by atoms with E-state index in [1.165, 1.54) is 0 Å². The van der Waals surface area contributed by atoms with Gasteiger partial charge in [-0.25, -0.2) is 0 Å². The molecule has 0 aromatic carbocycles. The maximum atomic E-state index is 9.19. The summed E-state index contributed by atoms with van der Waals surface area (Å²) in [6.45, 7) is 0. The third-order valence-electron chi connectivity index (χ3n) is 0.111. The molecule has 8 heavy (non-hydrogen) atoms. The monoisotopic (exact) mass is 184 g/mol. The minimum absolute atomic E-state index is 0. The Morgan fingerprint density at radius 2 is 1.12 bits per heavy atom.